The maximum absolute atomic E-state index is 12.1. The standard InChI is InChI=1S/C16H20N2O2S/c1-10-5-6-13(7-11(10)2)18-15(19)8-14-12(3)17-16(21-14)9-20-4/h5-7H,8-9H2,1-4H3,(H,18,19). The van der Waals surface area contributed by atoms with Gasteiger partial charge in [0.25, 0.3) is 0 Å². The molecule has 0 bridgehead atoms. The first kappa shape index (κ1) is 15.7. The summed E-state index contributed by atoms with van der Waals surface area (Å²) >= 11 is 1.53. The molecule has 0 aliphatic rings. The SMILES string of the molecule is COCc1nc(C)c(CC(=O)Nc2ccc(C)c(C)c2)s1. The molecule has 1 N–H and O–H groups in total. The summed E-state index contributed by atoms with van der Waals surface area (Å²) < 4.78 is 5.07. The minimum Gasteiger partial charge on any atom is -0.378 e. The molecular formula is C16H20N2O2S. The molecule has 2 rings (SSSR count). The summed E-state index contributed by atoms with van der Waals surface area (Å²) in [5, 5.41) is 3.84. The number of methoxy groups -OCH3 is 1. The van der Waals surface area contributed by atoms with E-state index in [4.69, 9.17) is 4.74 Å². The Morgan fingerprint density at radius 1 is 1.29 bits per heavy atom. The molecule has 1 aromatic heterocycles. The molecule has 0 aliphatic carbocycles. The van der Waals surface area contributed by atoms with Gasteiger partial charge in [-0.15, -0.1) is 11.3 Å². The molecule has 0 saturated heterocycles. The average Bonchev–Trinajstić information content (AvgIpc) is 2.74. The monoisotopic (exact) mass is 304 g/mol. The smallest absolute Gasteiger partial charge is 0.229 e. The van der Waals surface area contributed by atoms with Gasteiger partial charge < -0.3 is 10.1 Å². The van der Waals surface area contributed by atoms with Crippen LogP contribution in [-0.4, -0.2) is 18.0 Å². The van der Waals surface area contributed by atoms with Crippen LogP contribution >= 0.6 is 11.3 Å². The minimum atomic E-state index is -0.0195. The maximum Gasteiger partial charge on any atom is 0.229 e. The number of rotatable bonds is 5. The van der Waals surface area contributed by atoms with Gasteiger partial charge in [-0.05, 0) is 44.0 Å². The lowest BCUT2D eigenvalue weighted by atomic mass is 10.1. The van der Waals surface area contributed by atoms with Crippen molar-refractivity contribution in [3.8, 4) is 0 Å². The Balaban J connectivity index is 2.02. The third-order valence-corrected chi connectivity index (χ3v) is 4.45. The highest BCUT2D eigenvalue weighted by molar-refractivity contribution is 7.11. The van der Waals surface area contributed by atoms with E-state index in [0.29, 0.717) is 13.0 Å². The van der Waals surface area contributed by atoms with Crippen LogP contribution in [0, 0.1) is 20.8 Å². The summed E-state index contributed by atoms with van der Waals surface area (Å²) in [6, 6.07) is 5.93. The molecule has 0 unspecified atom stereocenters. The Morgan fingerprint density at radius 3 is 2.71 bits per heavy atom. The van der Waals surface area contributed by atoms with E-state index < -0.39 is 0 Å². The summed E-state index contributed by atoms with van der Waals surface area (Å²) in [6.07, 6.45) is 0.347. The molecule has 1 heterocycles. The number of benzene rings is 1. The Labute approximate surface area is 129 Å². The third kappa shape index (κ3) is 4.12. The lowest BCUT2D eigenvalue weighted by Crippen LogP contribution is -2.14. The predicted octanol–water partition coefficient (Wildman–Crippen LogP) is 3.40. The van der Waals surface area contributed by atoms with Crippen LogP contribution in [0.2, 0.25) is 0 Å². The van der Waals surface area contributed by atoms with Crippen LogP contribution in [0.1, 0.15) is 26.7 Å². The highest BCUT2D eigenvalue weighted by atomic mass is 32.1. The summed E-state index contributed by atoms with van der Waals surface area (Å²) in [5.74, 6) is -0.0195. The zero-order valence-corrected chi connectivity index (χ0v) is 13.6. The topological polar surface area (TPSA) is 51.2 Å². The van der Waals surface area contributed by atoms with Crippen LogP contribution in [0.3, 0.4) is 0 Å². The number of hydrogen-bond donors (Lipinski definition) is 1. The summed E-state index contributed by atoms with van der Waals surface area (Å²) in [5.41, 5.74) is 4.13. The van der Waals surface area contributed by atoms with E-state index in [-0.39, 0.29) is 5.91 Å². The molecule has 1 amide bonds. The van der Waals surface area contributed by atoms with Gasteiger partial charge in [-0.1, -0.05) is 6.07 Å². The molecule has 112 valence electrons. The van der Waals surface area contributed by atoms with Gasteiger partial charge in [-0.3, -0.25) is 4.79 Å². The second-order valence-electron chi connectivity index (χ2n) is 5.07. The molecule has 1 aromatic carbocycles. The van der Waals surface area contributed by atoms with Crippen molar-refractivity contribution in [3.63, 3.8) is 0 Å². The largest absolute Gasteiger partial charge is 0.378 e. The van der Waals surface area contributed by atoms with E-state index in [1.165, 1.54) is 22.5 Å². The van der Waals surface area contributed by atoms with Gasteiger partial charge in [-0.2, -0.15) is 0 Å². The van der Waals surface area contributed by atoms with Crippen LogP contribution in [0.25, 0.3) is 0 Å². The van der Waals surface area contributed by atoms with Crippen molar-refractivity contribution in [1.29, 1.82) is 0 Å². The summed E-state index contributed by atoms with van der Waals surface area (Å²) in [6.45, 7) is 6.51. The van der Waals surface area contributed by atoms with Crippen molar-refractivity contribution < 1.29 is 9.53 Å². The van der Waals surface area contributed by atoms with Crippen LogP contribution < -0.4 is 5.32 Å². The number of nitrogens with zero attached hydrogens (tertiary/aromatic N) is 1. The van der Waals surface area contributed by atoms with Crippen LogP contribution in [-0.2, 0) is 22.6 Å². The van der Waals surface area contributed by atoms with Gasteiger partial charge in [0, 0.05) is 17.7 Å². The number of nitrogens with one attached hydrogen (secondary N) is 1. The first-order chi connectivity index (χ1) is 9.99. The van der Waals surface area contributed by atoms with E-state index in [2.05, 4.69) is 17.2 Å². The van der Waals surface area contributed by atoms with E-state index in [9.17, 15) is 4.79 Å². The maximum atomic E-state index is 12.1. The number of aromatic nitrogens is 1. The quantitative estimate of drug-likeness (QED) is 0.921. The van der Waals surface area contributed by atoms with Crippen molar-refractivity contribution >= 4 is 22.9 Å². The van der Waals surface area contributed by atoms with Gasteiger partial charge >= 0.3 is 0 Å². The second kappa shape index (κ2) is 6.83. The Bertz CT molecular complexity index is 650. The van der Waals surface area contributed by atoms with Gasteiger partial charge in [0.15, 0.2) is 0 Å². The highest BCUT2D eigenvalue weighted by Crippen LogP contribution is 2.20. The molecule has 0 spiro atoms. The second-order valence-corrected chi connectivity index (χ2v) is 6.24. The van der Waals surface area contributed by atoms with E-state index >= 15 is 0 Å². The number of carbonyl (C=O) groups excluding carboxylic acids is 1. The van der Waals surface area contributed by atoms with Crippen LogP contribution in [0.15, 0.2) is 18.2 Å². The van der Waals surface area contributed by atoms with Crippen molar-refractivity contribution in [2.24, 2.45) is 0 Å². The van der Waals surface area contributed by atoms with E-state index in [1.807, 2.05) is 32.0 Å². The molecular weight excluding hydrogens is 284 g/mol. The molecule has 0 saturated carbocycles. The number of carbonyl (C=O) groups is 1. The molecule has 0 fully saturated rings. The first-order valence-corrected chi connectivity index (χ1v) is 7.62. The number of thiazole rings is 1. The van der Waals surface area contributed by atoms with Crippen molar-refractivity contribution in [2.45, 2.75) is 33.8 Å². The van der Waals surface area contributed by atoms with Gasteiger partial charge in [-0.25, -0.2) is 4.98 Å². The fourth-order valence-electron chi connectivity index (χ4n) is 2.01. The molecule has 0 atom stereocenters. The number of aryl methyl sites for hydroxylation is 3. The average molecular weight is 304 g/mol. The number of anilines is 1. The lowest BCUT2D eigenvalue weighted by Gasteiger charge is -2.07. The fourth-order valence-corrected chi connectivity index (χ4v) is 3.05. The van der Waals surface area contributed by atoms with Crippen molar-refractivity contribution in [3.05, 3.63) is 44.9 Å². The predicted molar refractivity (Wildman–Crippen MR) is 85.8 cm³/mol. The van der Waals surface area contributed by atoms with Gasteiger partial charge in [0.05, 0.1) is 18.7 Å². The van der Waals surface area contributed by atoms with E-state index in [0.717, 1.165) is 21.3 Å². The Kier molecular flexibility index (Phi) is 5.09. The first-order valence-electron chi connectivity index (χ1n) is 6.81. The van der Waals surface area contributed by atoms with Crippen molar-refractivity contribution in [1.82, 2.24) is 4.98 Å². The molecule has 5 heteroatoms. The minimum absolute atomic E-state index is 0.0195. The lowest BCUT2D eigenvalue weighted by molar-refractivity contribution is -0.115. The Morgan fingerprint density at radius 2 is 2.05 bits per heavy atom. The van der Waals surface area contributed by atoms with Crippen molar-refractivity contribution in [2.75, 3.05) is 12.4 Å². The summed E-state index contributed by atoms with van der Waals surface area (Å²) in [7, 11) is 1.64. The van der Waals surface area contributed by atoms with Gasteiger partial charge in [0.1, 0.15) is 5.01 Å². The third-order valence-electron chi connectivity index (χ3n) is 3.32. The molecule has 21 heavy (non-hydrogen) atoms. The number of hydrogen-bond acceptors (Lipinski definition) is 4. The number of ether oxygens (including phenoxy) is 1. The molecule has 0 aliphatic heterocycles. The van der Waals surface area contributed by atoms with Crippen LogP contribution in [0.5, 0.6) is 0 Å². The normalized spacial score (nSPS) is 10.7. The molecule has 2 aromatic rings. The van der Waals surface area contributed by atoms with Gasteiger partial charge in [0.2, 0.25) is 5.91 Å². The fraction of sp³-hybridized carbons (Fsp3) is 0.375. The zero-order valence-electron chi connectivity index (χ0n) is 12.8. The summed E-state index contributed by atoms with van der Waals surface area (Å²) in [4.78, 5) is 17.5. The Hall–Kier alpha value is -1.72. The zero-order chi connectivity index (χ0) is 15.4. The van der Waals surface area contributed by atoms with Crippen LogP contribution in [0.4, 0.5) is 5.69 Å². The molecule has 0 radical (unpaired) electrons. The number of amides is 1. The molecule has 4 nitrogen and oxygen atoms in total. The van der Waals surface area contributed by atoms with E-state index in [1.54, 1.807) is 7.11 Å². The highest BCUT2D eigenvalue weighted by Gasteiger charge is 2.12.